The number of carbonyl (C=O) groups excluding carboxylic acids is 1. The van der Waals surface area contributed by atoms with E-state index in [4.69, 9.17) is 5.73 Å². The summed E-state index contributed by atoms with van der Waals surface area (Å²) in [5, 5.41) is 23.2. The van der Waals surface area contributed by atoms with Crippen LogP contribution in [0, 0.1) is 5.41 Å². The smallest absolute Gasteiger partial charge is 0.378 e. The van der Waals surface area contributed by atoms with Crippen molar-refractivity contribution >= 4 is 17.4 Å². The van der Waals surface area contributed by atoms with Gasteiger partial charge in [0, 0.05) is 6.04 Å². The highest BCUT2D eigenvalue weighted by atomic mass is 16.3. The molecule has 3 aromatic heterocycles. The highest BCUT2D eigenvalue weighted by Gasteiger charge is 2.35. The van der Waals surface area contributed by atoms with Crippen LogP contribution in [-0.2, 0) is 6.54 Å². The third-order valence-electron chi connectivity index (χ3n) is 4.64. The number of nitrogen functional groups attached to an aromatic ring is 1. The number of rotatable bonds is 4. The minimum atomic E-state index is -0.621. The fourth-order valence-electron chi connectivity index (χ4n) is 3.17. The maximum atomic E-state index is 13.0. The molecule has 3 heterocycles. The molecular weight excluding hydrogens is 362 g/mol. The molecule has 0 spiro atoms. The Kier molecular flexibility index (Phi) is 3.95. The van der Waals surface area contributed by atoms with E-state index in [1.807, 2.05) is 20.8 Å². The average molecular weight is 386 g/mol. The molecule has 0 bridgehead atoms. The molecule has 0 saturated heterocycles. The summed E-state index contributed by atoms with van der Waals surface area (Å²) in [6.07, 6.45) is 3.30. The number of nitrogens with zero attached hydrogens (tertiary/aromatic N) is 3. The van der Waals surface area contributed by atoms with Crippen LogP contribution in [0.2, 0.25) is 0 Å². The third-order valence-corrected chi connectivity index (χ3v) is 4.64. The minimum Gasteiger partial charge on any atom is -0.477 e. The van der Waals surface area contributed by atoms with Crippen LogP contribution in [0.1, 0.15) is 44.0 Å². The normalized spacial score (nSPS) is 14.5. The first kappa shape index (κ1) is 18.1. The van der Waals surface area contributed by atoms with Gasteiger partial charge in [-0.2, -0.15) is 9.67 Å². The Morgan fingerprint density at radius 1 is 1.46 bits per heavy atom. The lowest BCUT2D eigenvalue weighted by molar-refractivity contribution is -0.692. The number of aromatic nitrogens is 5. The summed E-state index contributed by atoms with van der Waals surface area (Å²) in [6.45, 7) is 6.41. The molecule has 1 fully saturated rings. The monoisotopic (exact) mass is 386 g/mol. The summed E-state index contributed by atoms with van der Waals surface area (Å²) >= 11 is 0. The van der Waals surface area contributed by atoms with E-state index in [1.54, 1.807) is 16.8 Å². The summed E-state index contributed by atoms with van der Waals surface area (Å²) in [7, 11) is 0. The van der Waals surface area contributed by atoms with Crippen LogP contribution >= 0.6 is 0 Å². The van der Waals surface area contributed by atoms with Gasteiger partial charge in [-0.25, -0.2) is 9.89 Å². The highest BCUT2D eigenvalue weighted by Crippen LogP contribution is 2.25. The second-order valence-corrected chi connectivity index (χ2v) is 8.46. The van der Waals surface area contributed by atoms with Crippen molar-refractivity contribution in [2.45, 2.75) is 46.2 Å². The predicted octanol–water partition coefficient (Wildman–Crippen LogP) is 0.531. The molecule has 28 heavy (non-hydrogen) atoms. The minimum absolute atomic E-state index is 0.0630. The highest BCUT2D eigenvalue weighted by molar-refractivity contribution is 5.96. The van der Waals surface area contributed by atoms with Gasteiger partial charge in [-0.3, -0.25) is 9.89 Å². The van der Waals surface area contributed by atoms with Gasteiger partial charge in [0.15, 0.2) is 0 Å². The molecule has 0 aromatic carbocycles. The summed E-state index contributed by atoms with van der Waals surface area (Å²) in [6, 6.07) is 1.77. The van der Waals surface area contributed by atoms with E-state index < -0.39 is 11.5 Å². The fourth-order valence-corrected chi connectivity index (χ4v) is 3.17. The van der Waals surface area contributed by atoms with Crippen LogP contribution in [0.4, 0.5) is 5.82 Å². The number of hydrogen-bond acceptors (Lipinski definition) is 5. The van der Waals surface area contributed by atoms with Gasteiger partial charge < -0.3 is 16.2 Å². The van der Waals surface area contributed by atoms with Crippen LogP contribution in [0.3, 0.4) is 0 Å². The maximum absolute atomic E-state index is 13.0. The second-order valence-electron chi connectivity index (χ2n) is 8.46. The lowest BCUT2D eigenvalue weighted by Crippen LogP contribution is -2.47. The summed E-state index contributed by atoms with van der Waals surface area (Å²) in [5.41, 5.74) is 6.35. The molecule has 0 unspecified atom stereocenters. The molecule has 1 saturated carbocycles. The molecule has 1 aliphatic rings. The van der Waals surface area contributed by atoms with Crippen LogP contribution in [0.5, 0.6) is 5.88 Å². The van der Waals surface area contributed by atoms with E-state index >= 15 is 0 Å². The van der Waals surface area contributed by atoms with E-state index in [-0.39, 0.29) is 22.9 Å². The molecule has 6 N–H and O–H groups in total. The summed E-state index contributed by atoms with van der Waals surface area (Å²) in [5.74, 6) is -0.567. The summed E-state index contributed by atoms with van der Waals surface area (Å²) in [4.78, 5) is 25.7. The molecular formula is C18H24N7O3+. The van der Waals surface area contributed by atoms with Crippen molar-refractivity contribution in [3.8, 4) is 17.1 Å². The van der Waals surface area contributed by atoms with Gasteiger partial charge in [-0.05, 0) is 18.3 Å². The van der Waals surface area contributed by atoms with E-state index in [2.05, 4.69) is 20.6 Å². The zero-order chi connectivity index (χ0) is 20.2. The lowest BCUT2D eigenvalue weighted by Gasteiger charge is -2.17. The van der Waals surface area contributed by atoms with Crippen molar-refractivity contribution in [1.82, 2.24) is 25.1 Å². The molecule has 4 rings (SSSR count). The number of nitrogens with two attached hydrogens (primary N) is 1. The number of anilines is 1. The van der Waals surface area contributed by atoms with Crippen molar-refractivity contribution in [3.63, 3.8) is 0 Å². The predicted molar refractivity (Wildman–Crippen MR) is 102 cm³/mol. The molecule has 1 aliphatic carbocycles. The average Bonchev–Trinajstić information content (AvgIpc) is 3.12. The standard InChI is InChI=1S/C18H23N7O3/c1-18(2,3)8-24-12-6-11(10-7-20-22-14(10)19)23-25(12)17(28)13(16(24)27)15(26)21-9-4-5-9/h6-7,9H,4-5,8H2,1-3H3,(H5,19,20,21,22,23,26,27,28)/p+1. The van der Waals surface area contributed by atoms with Crippen molar-refractivity contribution in [2.24, 2.45) is 5.41 Å². The van der Waals surface area contributed by atoms with Gasteiger partial charge in [-0.1, -0.05) is 25.3 Å². The fraction of sp³-hybridized carbons (Fsp3) is 0.444. The van der Waals surface area contributed by atoms with Crippen molar-refractivity contribution < 1.29 is 14.5 Å². The number of fused-ring (bicyclic) bond motifs is 1. The van der Waals surface area contributed by atoms with E-state index in [0.29, 0.717) is 29.3 Å². The molecule has 0 atom stereocenters. The number of nitrogens with one attached hydrogen (secondary N) is 3. The molecule has 10 nitrogen and oxygen atoms in total. The molecule has 1 amide bonds. The van der Waals surface area contributed by atoms with Crippen LogP contribution < -0.4 is 21.2 Å². The molecule has 0 radical (unpaired) electrons. The number of carbonyl (C=O) groups is 1. The largest absolute Gasteiger partial charge is 0.477 e. The van der Waals surface area contributed by atoms with E-state index in [1.165, 1.54) is 4.52 Å². The Morgan fingerprint density at radius 3 is 2.75 bits per heavy atom. The number of aromatic hydroxyl groups is 1. The SMILES string of the molecule is CC(C)(C)C[n+]1c(O)c(C(=O)NC2CC2)c(=O)n2[nH]c(-c3cn[nH]c3N)cc21. The van der Waals surface area contributed by atoms with Gasteiger partial charge in [0.25, 0.3) is 5.91 Å². The molecule has 0 aliphatic heterocycles. The molecule has 10 heteroatoms. The third kappa shape index (κ3) is 3.10. The lowest BCUT2D eigenvalue weighted by atomic mass is 9.96. The molecule has 148 valence electrons. The van der Waals surface area contributed by atoms with Crippen molar-refractivity contribution in [3.05, 3.63) is 28.2 Å². The number of hydrogen-bond donors (Lipinski definition) is 5. The Hall–Kier alpha value is -3.30. The Morgan fingerprint density at radius 2 is 2.18 bits per heavy atom. The van der Waals surface area contributed by atoms with Crippen LogP contribution in [0.15, 0.2) is 17.1 Å². The quantitative estimate of drug-likeness (QED) is 0.415. The van der Waals surface area contributed by atoms with Crippen LogP contribution in [0.25, 0.3) is 16.9 Å². The summed E-state index contributed by atoms with van der Waals surface area (Å²) < 4.78 is 2.83. The van der Waals surface area contributed by atoms with Gasteiger partial charge in [0.05, 0.1) is 30.1 Å². The van der Waals surface area contributed by atoms with Gasteiger partial charge in [0.2, 0.25) is 5.56 Å². The number of aromatic amines is 2. The molecule has 3 aromatic rings. The Balaban J connectivity index is 1.96. The number of amides is 1. The van der Waals surface area contributed by atoms with Gasteiger partial charge in [-0.15, -0.1) is 0 Å². The first-order valence-electron chi connectivity index (χ1n) is 9.16. The van der Waals surface area contributed by atoms with E-state index in [9.17, 15) is 14.7 Å². The first-order chi connectivity index (χ1) is 13.2. The van der Waals surface area contributed by atoms with Gasteiger partial charge in [0.1, 0.15) is 5.82 Å². The second kappa shape index (κ2) is 6.11. The zero-order valence-corrected chi connectivity index (χ0v) is 16.0. The Bertz CT molecular complexity index is 1130. The van der Waals surface area contributed by atoms with Crippen LogP contribution in [-0.4, -0.2) is 36.9 Å². The maximum Gasteiger partial charge on any atom is 0.378 e. The first-order valence-corrected chi connectivity index (χ1v) is 9.16. The topological polar surface area (TPSA) is 145 Å². The van der Waals surface area contributed by atoms with Crippen molar-refractivity contribution in [2.75, 3.05) is 5.73 Å². The van der Waals surface area contributed by atoms with Crippen molar-refractivity contribution in [1.29, 1.82) is 0 Å². The van der Waals surface area contributed by atoms with E-state index in [0.717, 1.165) is 12.8 Å². The number of H-pyrrole nitrogens is 2. The van der Waals surface area contributed by atoms with Gasteiger partial charge >= 0.3 is 17.1 Å². The Labute approximate surface area is 160 Å². The zero-order valence-electron chi connectivity index (χ0n) is 16.0.